The van der Waals surface area contributed by atoms with Gasteiger partial charge in [0, 0.05) is 49.4 Å². The van der Waals surface area contributed by atoms with Gasteiger partial charge in [0.1, 0.15) is 5.75 Å². The number of para-hydroxylation sites is 1. The van der Waals surface area contributed by atoms with E-state index in [0.717, 1.165) is 0 Å². The number of H-pyrrole nitrogens is 1. The van der Waals surface area contributed by atoms with Crippen molar-refractivity contribution in [2.75, 3.05) is 0 Å². The largest absolute Gasteiger partial charge is 0.508 e. The topological polar surface area (TPSA) is 93.3 Å². The number of nitrogens with zero attached hydrogens (tertiary/aromatic N) is 2. The molecule has 0 saturated carbocycles. The monoisotopic (exact) mass is 334 g/mol. The third-order valence-electron chi connectivity index (χ3n) is 1.09. The van der Waals surface area contributed by atoms with Crippen LogP contribution in [0.2, 0.25) is 0 Å². The molecule has 14 heavy (non-hydrogen) atoms. The number of aromatic amines is 1. The maximum absolute atomic E-state index is 8.63. The van der Waals surface area contributed by atoms with E-state index in [0.29, 0.717) is 5.75 Å². The summed E-state index contributed by atoms with van der Waals surface area (Å²) in [5.74, 6) is 0.322. The van der Waals surface area contributed by atoms with E-state index in [1.165, 1.54) is 0 Å². The van der Waals surface area contributed by atoms with Gasteiger partial charge < -0.3 is 10.6 Å². The number of phenols is 1. The molecule has 0 atom stereocenters. The van der Waals surface area contributed by atoms with E-state index in [2.05, 4.69) is 15.4 Å². The Labute approximate surface area is 122 Å². The van der Waals surface area contributed by atoms with Crippen molar-refractivity contribution in [2.45, 2.75) is 0 Å². The van der Waals surface area contributed by atoms with E-state index in [1.54, 1.807) is 36.7 Å². The Morgan fingerprint density at radius 1 is 1.00 bits per heavy atom. The molecule has 0 bridgehead atoms. The molecule has 4 N–H and O–H groups in total. The second kappa shape index (κ2) is 10.8. The summed E-state index contributed by atoms with van der Waals surface area (Å²) in [6, 6.07) is 8.71. The minimum atomic E-state index is 0. The summed E-state index contributed by atoms with van der Waals surface area (Å²) in [4.78, 5) is 0. The summed E-state index contributed by atoms with van der Waals surface area (Å²) in [7, 11) is 0. The normalized spacial score (nSPS) is 7.14. The molecule has 0 amide bonds. The van der Waals surface area contributed by atoms with Gasteiger partial charge in [-0.05, 0) is 12.1 Å². The molecule has 0 spiro atoms. The van der Waals surface area contributed by atoms with Crippen molar-refractivity contribution in [3.63, 3.8) is 0 Å². The van der Waals surface area contributed by atoms with Crippen LogP contribution in [0, 0.1) is 49.4 Å². The zero-order chi connectivity index (χ0) is 8.65. The molecular formula is C8H11EuN3O2. The van der Waals surface area contributed by atoms with Crippen molar-refractivity contribution in [3.8, 4) is 5.75 Å². The van der Waals surface area contributed by atoms with Gasteiger partial charge >= 0.3 is 0 Å². The summed E-state index contributed by atoms with van der Waals surface area (Å²) in [6.07, 6.45) is 3.17. The van der Waals surface area contributed by atoms with Crippen LogP contribution in [-0.2, 0) is 0 Å². The number of aromatic hydroxyl groups is 1. The van der Waals surface area contributed by atoms with Crippen LogP contribution >= 0.6 is 0 Å². The first kappa shape index (κ1) is 16.1. The van der Waals surface area contributed by atoms with Gasteiger partial charge in [-0.25, -0.2) is 0 Å². The number of nitrogens with one attached hydrogen (secondary N) is 1. The van der Waals surface area contributed by atoms with E-state index in [1.807, 2.05) is 6.07 Å². The fourth-order valence-electron chi connectivity index (χ4n) is 0.595. The number of hydrogen-bond acceptors (Lipinski definition) is 3. The number of benzene rings is 1. The predicted octanol–water partition coefficient (Wildman–Crippen LogP) is 0.372. The van der Waals surface area contributed by atoms with Crippen LogP contribution in [0.4, 0.5) is 0 Å². The van der Waals surface area contributed by atoms with Crippen molar-refractivity contribution >= 4 is 0 Å². The van der Waals surface area contributed by atoms with E-state index in [4.69, 9.17) is 5.11 Å². The Morgan fingerprint density at radius 3 is 1.71 bits per heavy atom. The number of phenolic OH excluding ortho intramolecular Hbond substituents is 1. The fourth-order valence-corrected chi connectivity index (χ4v) is 0.595. The second-order valence-electron chi connectivity index (χ2n) is 1.99. The third kappa shape index (κ3) is 8.31. The van der Waals surface area contributed by atoms with Crippen LogP contribution in [0.25, 0.3) is 0 Å². The molecule has 77 valence electrons. The van der Waals surface area contributed by atoms with Gasteiger partial charge in [-0.3, -0.25) is 0 Å². The molecular weight excluding hydrogens is 322 g/mol. The van der Waals surface area contributed by atoms with Crippen LogP contribution < -0.4 is 0 Å². The van der Waals surface area contributed by atoms with Crippen molar-refractivity contribution < 1.29 is 60.0 Å². The molecule has 1 radical (unpaired) electrons. The van der Waals surface area contributed by atoms with Crippen molar-refractivity contribution in [2.24, 2.45) is 0 Å². The van der Waals surface area contributed by atoms with Crippen LogP contribution in [0.5, 0.6) is 5.75 Å². The zero-order valence-corrected chi connectivity index (χ0v) is 9.69. The van der Waals surface area contributed by atoms with E-state index < -0.39 is 0 Å². The second-order valence-corrected chi connectivity index (χ2v) is 1.99. The van der Waals surface area contributed by atoms with Gasteiger partial charge in [-0.15, -0.1) is 0 Å². The Kier molecular flexibility index (Phi) is 12.4. The molecule has 0 aliphatic rings. The van der Waals surface area contributed by atoms with Gasteiger partial charge in [-0.2, -0.15) is 15.4 Å². The minimum absolute atomic E-state index is 0. The van der Waals surface area contributed by atoms with Gasteiger partial charge in [0.2, 0.25) is 0 Å². The SMILES string of the molecule is O.Oc1ccccc1.[Eu].c1cn[nH]n1. The van der Waals surface area contributed by atoms with Crippen molar-refractivity contribution in [3.05, 3.63) is 42.7 Å². The molecule has 0 fully saturated rings. The van der Waals surface area contributed by atoms with E-state index in [9.17, 15) is 0 Å². The number of aromatic nitrogens is 3. The average molecular weight is 333 g/mol. The molecule has 2 rings (SSSR count). The number of hydrogen-bond donors (Lipinski definition) is 2. The average Bonchev–Trinajstić information content (AvgIpc) is 2.62. The van der Waals surface area contributed by atoms with Gasteiger partial charge in [0.25, 0.3) is 0 Å². The fraction of sp³-hybridized carbons (Fsp3) is 0. The molecule has 2 aromatic rings. The molecule has 0 aliphatic carbocycles. The molecule has 1 aromatic heterocycles. The minimum Gasteiger partial charge on any atom is -0.508 e. The molecule has 0 unspecified atom stereocenters. The zero-order valence-electron chi connectivity index (χ0n) is 7.26. The summed E-state index contributed by atoms with van der Waals surface area (Å²) < 4.78 is 0. The maximum atomic E-state index is 8.63. The first-order valence-corrected chi connectivity index (χ1v) is 3.43. The van der Waals surface area contributed by atoms with Crippen LogP contribution in [-0.4, -0.2) is 26.0 Å². The summed E-state index contributed by atoms with van der Waals surface area (Å²) in [6.45, 7) is 0. The first-order valence-electron chi connectivity index (χ1n) is 3.43. The van der Waals surface area contributed by atoms with E-state index >= 15 is 0 Å². The molecule has 1 heterocycles. The predicted molar refractivity (Wildman–Crippen MR) is 48.1 cm³/mol. The van der Waals surface area contributed by atoms with Crippen molar-refractivity contribution in [1.82, 2.24) is 15.4 Å². The Bertz CT molecular complexity index is 271. The molecule has 6 heteroatoms. The Morgan fingerprint density at radius 2 is 1.50 bits per heavy atom. The van der Waals surface area contributed by atoms with Gasteiger partial charge in [0.05, 0.1) is 12.4 Å². The molecule has 0 saturated heterocycles. The third-order valence-corrected chi connectivity index (χ3v) is 1.09. The quantitative estimate of drug-likeness (QED) is 0.730. The molecule has 0 aliphatic heterocycles. The van der Waals surface area contributed by atoms with Crippen LogP contribution in [0.15, 0.2) is 42.7 Å². The first-order chi connectivity index (χ1) is 5.89. The maximum Gasteiger partial charge on any atom is 0.115 e. The van der Waals surface area contributed by atoms with Gasteiger partial charge in [-0.1, -0.05) is 18.2 Å². The Balaban J connectivity index is 0. The smallest absolute Gasteiger partial charge is 0.115 e. The van der Waals surface area contributed by atoms with Crippen LogP contribution in [0.1, 0.15) is 0 Å². The summed E-state index contributed by atoms with van der Waals surface area (Å²) in [5.41, 5.74) is 0. The van der Waals surface area contributed by atoms with Crippen molar-refractivity contribution in [1.29, 1.82) is 0 Å². The summed E-state index contributed by atoms with van der Waals surface area (Å²) >= 11 is 0. The summed E-state index contributed by atoms with van der Waals surface area (Å²) in [5, 5.41) is 18.0. The Hall–Kier alpha value is -0.296. The number of rotatable bonds is 0. The van der Waals surface area contributed by atoms with Crippen LogP contribution in [0.3, 0.4) is 0 Å². The molecule has 1 aromatic carbocycles. The standard InChI is InChI=1S/C6H6O.C2H3N3.Eu.H2O/c7-6-4-2-1-3-5-6;1-2-4-5-3-1;;/h1-5,7H;1-2H,(H,3,4,5);;1H2. The van der Waals surface area contributed by atoms with E-state index in [-0.39, 0.29) is 54.9 Å². The van der Waals surface area contributed by atoms with Gasteiger partial charge in [0.15, 0.2) is 0 Å². The molecule has 5 nitrogen and oxygen atoms in total.